The molecular formula is C15H13F17O4. The molecule has 216 valence electrons. The van der Waals surface area contributed by atoms with E-state index in [-0.39, 0.29) is 12.8 Å². The van der Waals surface area contributed by atoms with E-state index in [9.17, 15) is 79.4 Å². The van der Waals surface area contributed by atoms with Gasteiger partial charge in [0.05, 0.1) is 6.61 Å². The summed E-state index contributed by atoms with van der Waals surface area (Å²) in [6, 6.07) is 0. The van der Waals surface area contributed by atoms with Crippen LogP contribution in [0.3, 0.4) is 0 Å². The maximum atomic E-state index is 14.1. The molecule has 0 spiro atoms. The second-order valence-corrected chi connectivity index (χ2v) is 6.69. The molecular weight excluding hydrogens is 567 g/mol. The summed E-state index contributed by atoms with van der Waals surface area (Å²) in [7, 11) is 0. The molecule has 4 nitrogen and oxygen atoms in total. The highest BCUT2D eigenvalue weighted by molar-refractivity contribution is 5.78. The number of halogens is 17. The Labute approximate surface area is 188 Å². The Bertz CT molecular complexity index is 744. The van der Waals surface area contributed by atoms with Gasteiger partial charge in [-0.25, -0.2) is 4.79 Å². The molecule has 0 bridgehead atoms. The summed E-state index contributed by atoms with van der Waals surface area (Å²) in [5.74, 6) is -26.3. The van der Waals surface area contributed by atoms with Gasteiger partial charge in [-0.3, -0.25) is 9.47 Å². The van der Waals surface area contributed by atoms with Gasteiger partial charge in [0.2, 0.25) is 0 Å². The van der Waals surface area contributed by atoms with Crippen molar-refractivity contribution in [3.63, 3.8) is 0 Å². The minimum Gasteiger partial charge on any atom is -0.461 e. The second-order valence-electron chi connectivity index (χ2n) is 6.69. The molecule has 0 radical (unpaired) electrons. The van der Waals surface area contributed by atoms with E-state index >= 15 is 0 Å². The SMILES string of the molecule is CCCCCCOC(=O)[C@](F)(OC(F)(F)[C@@](F)(OC(F)(F)C(F)(F)C(F)(F)F)C(F)(F)F)C(F)(F)F. The lowest BCUT2D eigenvalue weighted by molar-refractivity contribution is -0.548. The van der Waals surface area contributed by atoms with Crippen LogP contribution in [-0.2, 0) is 19.0 Å². The molecule has 21 heteroatoms. The van der Waals surface area contributed by atoms with Crippen molar-refractivity contribution in [1.82, 2.24) is 0 Å². The predicted octanol–water partition coefficient (Wildman–Crippen LogP) is 6.98. The smallest absolute Gasteiger partial charge is 0.461 e. The number of alkyl halides is 17. The lowest BCUT2D eigenvalue weighted by Crippen LogP contribution is -2.68. The van der Waals surface area contributed by atoms with Crippen LogP contribution in [0, 0.1) is 0 Å². The van der Waals surface area contributed by atoms with Crippen molar-refractivity contribution in [3.05, 3.63) is 0 Å². The largest absolute Gasteiger partial charge is 0.462 e. The van der Waals surface area contributed by atoms with Crippen LogP contribution in [-0.4, -0.2) is 61.0 Å². The number of carbonyl (C=O) groups excluding carboxylic acids is 1. The third-order valence-electron chi connectivity index (χ3n) is 3.86. The molecule has 0 amide bonds. The van der Waals surface area contributed by atoms with Crippen LogP contribution in [0.15, 0.2) is 0 Å². The zero-order valence-electron chi connectivity index (χ0n) is 17.1. The molecule has 0 rings (SSSR count). The molecule has 0 saturated heterocycles. The van der Waals surface area contributed by atoms with Gasteiger partial charge in [-0.05, 0) is 6.42 Å². The minimum atomic E-state index is -8.04. The van der Waals surface area contributed by atoms with Crippen LogP contribution in [0.1, 0.15) is 32.6 Å². The summed E-state index contributed by atoms with van der Waals surface area (Å²) in [4.78, 5) is 11.3. The van der Waals surface area contributed by atoms with Crippen molar-refractivity contribution >= 4 is 5.97 Å². The Balaban J connectivity index is 6.44. The molecule has 0 unspecified atom stereocenters. The van der Waals surface area contributed by atoms with Crippen molar-refractivity contribution < 1.29 is 93.6 Å². The highest BCUT2D eigenvalue weighted by Crippen LogP contribution is 2.56. The van der Waals surface area contributed by atoms with Gasteiger partial charge < -0.3 is 4.74 Å². The van der Waals surface area contributed by atoms with Gasteiger partial charge in [0.15, 0.2) is 0 Å². The fraction of sp³-hybridized carbons (Fsp3) is 0.933. The molecule has 2 atom stereocenters. The minimum absolute atomic E-state index is 0.0596. The van der Waals surface area contributed by atoms with Gasteiger partial charge in [-0.15, -0.1) is 0 Å². The number of hydrogen-bond acceptors (Lipinski definition) is 4. The fourth-order valence-corrected chi connectivity index (χ4v) is 1.93. The molecule has 0 heterocycles. The summed E-state index contributed by atoms with van der Waals surface area (Å²) in [6.45, 7) is 0.375. The quantitative estimate of drug-likeness (QED) is 0.142. The molecule has 0 aliphatic rings. The number of ether oxygens (including phenoxy) is 3. The zero-order valence-corrected chi connectivity index (χ0v) is 17.1. The van der Waals surface area contributed by atoms with Gasteiger partial charge in [0.1, 0.15) is 0 Å². The summed E-state index contributed by atoms with van der Waals surface area (Å²) in [5.41, 5.74) is 0. The highest BCUT2D eigenvalue weighted by atomic mass is 19.4. The van der Waals surface area contributed by atoms with Crippen molar-refractivity contribution in [1.29, 1.82) is 0 Å². The van der Waals surface area contributed by atoms with Gasteiger partial charge in [0, 0.05) is 0 Å². The molecule has 36 heavy (non-hydrogen) atoms. The van der Waals surface area contributed by atoms with E-state index in [1.165, 1.54) is 4.74 Å². The van der Waals surface area contributed by atoms with Crippen molar-refractivity contribution in [2.24, 2.45) is 0 Å². The predicted molar refractivity (Wildman–Crippen MR) is 78.0 cm³/mol. The normalized spacial score (nSPS) is 17.9. The first kappa shape index (κ1) is 34.2. The van der Waals surface area contributed by atoms with Gasteiger partial charge in [-0.1, -0.05) is 26.2 Å². The lowest BCUT2D eigenvalue weighted by Gasteiger charge is -2.39. The first-order chi connectivity index (χ1) is 15.6. The fourth-order valence-electron chi connectivity index (χ4n) is 1.93. The van der Waals surface area contributed by atoms with Crippen LogP contribution in [0.25, 0.3) is 0 Å². The molecule has 0 aromatic heterocycles. The summed E-state index contributed by atoms with van der Waals surface area (Å²) < 4.78 is 227. The van der Waals surface area contributed by atoms with Crippen molar-refractivity contribution in [2.45, 2.75) is 81.0 Å². The Morgan fingerprint density at radius 2 is 1.06 bits per heavy atom. The van der Waals surface area contributed by atoms with Crippen LogP contribution in [0.2, 0.25) is 0 Å². The van der Waals surface area contributed by atoms with E-state index in [4.69, 9.17) is 0 Å². The summed E-state index contributed by atoms with van der Waals surface area (Å²) in [6.07, 6.45) is -38.0. The molecule has 0 aromatic rings. The first-order valence-corrected chi connectivity index (χ1v) is 8.93. The third kappa shape index (κ3) is 6.74. The monoisotopic (exact) mass is 580 g/mol. The Hall–Kier alpha value is -1.80. The van der Waals surface area contributed by atoms with Crippen molar-refractivity contribution in [3.8, 4) is 0 Å². The first-order valence-electron chi connectivity index (χ1n) is 8.93. The Kier molecular flexibility index (Phi) is 9.99. The maximum Gasteiger partial charge on any atom is 0.462 e. The van der Waals surface area contributed by atoms with Gasteiger partial charge in [0.25, 0.3) is 0 Å². The highest BCUT2D eigenvalue weighted by Gasteiger charge is 2.85. The third-order valence-corrected chi connectivity index (χ3v) is 3.86. The lowest BCUT2D eigenvalue weighted by atomic mass is 10.2. The number of esters is 1. The van der Waals surface area contributed by atoms with E-state index < -0.39 is 61.0 Å². The Morgan fingerprint density at radius 1 is 0.583 bits per heavy atom. The molecule has 0 fully saturated rings. The van der Waals surface area contributed by atoms with Crippen LogP contribution >= 0.6 is 0 Å². The van der Waals surface area contributed by atoms with Crippen LogP contribution in [0.5, 0.6) is 0 Å². The average Bonchev–Trinajstić information content (AvgIpc) is 2.63. The van der Waals surface area contributed by atoms with E-state index in [0.29, 0.717) is 12.8 Å². The van der Waals surface area contributed by atoms with Crippen molar-refractivity contribution in [2.75, 3.05) is 6.61 Å². The van der Waals surface area contributed by atoms with E-state index in [2.05, 4.69) is 4.74 Å². The molecule has 0 saturated carbocycles. The molecule has 0 N–H and O–H groups in total. The molecule has 0 aliphatic carbocycles. The van der Waals surface area contributed by atoms with E-state index in [0.717, 1.165) is 0 Å². The number of rotatable bonds is 12. The zero-order chi connectivity index (χ0) is 29.2. The number of hydrogen-bond donors (Lipinski definition) is 0. The van der Waals surface area contributed by atoms with E-state index in [1.807, 2.05) is 4.74 Å². The van der Waals surface area contributed by atoms with E-state index in [1.54, 1.807) is 6.92 Å². The second kappa shape index (κ2) is 10.5. The molecule has 0 aliphatic heterocycles. The van der Waals surface area contributed by atoms with Gasteiger partial charge >= 0.3 is 54.3 Å². The summed E-state index contributed by atoms with van der Waals surface area (Å²) in [5, 5.41) is 0. The topological polar surface area (TPSA) is 44.8 Å². The average molecular weight is 580 g/mol. The summed E-state index contributed by atoms with van der Waals surface area (Å²) >= 11 is 0. The number of carbonyl (C=O) groups is 1. The standard InChI is InChI=1S/C15H13F17O4/c1-2-3-4-5-6-34-7(33)8(16,11(20,21)22)35-15(31,32)10(19,13(26,27)28)36-14(29,30)9(17,18)12(23,24)25/h2-6H2,1H3/t8-,10-/m0/s1. The maximum absolute atomic E-state index is 14.1. The van der Waals surface area contributed by atoms with Gasteiger partial charge in [-0.2, -0.15) is 74.6 Å². The van der Waals surface area contributed by atoms with Crippen LogP contribution < -0.4 is 0 Å². The molecule has 0 aromatic carbocycles. The number of unbranched alkanes of at least 4 members (excludes halogenated alkanes) is 3. The Morgan fingerprint density at radius 3 is 1.42 bits per heavy atom. The van der Waals surface area contributed by atoms with Crippen LogP contribution in [0.4, 0.5) is 74.6 Å².